The van der Waals surface area contributed by atoms with E-state index >= 15 is 0 Å². The molecular formula is C51H34N6O. The summed E-state index contributed by atoms with van der Waals surface area (Å²) in [6.45, 7) is 4.58. The Balaban J connectivity index is 1.12. The lowest BCUT2D eigenvalue weighted by molar-refractivity contribution is 0.660. The van der Waals surface area contributed by atoms with E-state index in [1.807, 2.05) is 121 Å². The molecule has 0 saturated carbocycles. The fraction of sp³-hybridized carbons (Fsp3) is 0.0588. The molecule has 0 radical (unpaired) electrons. The van der Waals surface area contributed by atoms with Gasteiger partial charge in [0.25, 0.3) is 0 Å². The first-order valence-electron chi connectivity index (χ1n) is 19.4. The van der Waals surface area contributed by atoms with Crippen molar-refractivity contribution in [2.75, 3.05) is 0 Å². The Morgan fingerprint density at radius 2 is 0.828 bits per heavy atom. The van der Waals surface area contributed by atoms with Crippen molar-refractivity contribution in [2.24, 2.45) is 0 Å². The number of rotatable bonds is 6. The standard InChI is InChI=1S/C51H34N6O/c1-51(2)39-25-13-12-22-35(39)43-36(23-14-26-40(43)51)49-54-47(33-20-10-5-11-21-33)53-48(57-49)34-28-29-41-38(30-34)44-37(24-15-27-42(44)58-41)50-55-45(31-16-6-3-7-17-31)52-46(56-50)32-18-8-4-9-19-32/h3-30H,1-2H3. The van der Waals surface area contributed by atoms with Crippen molar-refractivity contribution in [3.05, 3.63) is 181 Å². The predicted octanol–water partition coefficient (Wildman–Crippen LogP) is 12.3. The SMILES string of the molecule is CC1(C)c2ccccc2-c2c(-c3nc(-c4ccccc4)nc(-c4ccc5oc6cccc(-c7nc(-c8ccccc8)nc(-c8ccccc8)n7)c6c5c4)n3)cccc21. The molecule has 0 saturated heterocycles. The minimum Gasteiger partial charge on any atom is -0.456 e. The molecule has 0 spiro atoms. The highest BCUT2D eigenvalue weighted by Crippen LogP contribution is 2.51. The van der Waals surface area contributed by atoms with Crippen LogP contribution in [0, 0.1) is 0 Å². The van der Waals surface area contributed by atoms with Gasteiger partial charge in [0.05, 0.1) is 0 Å². The summed E-state index contributed by atoms with van der Waals surface area (Å²) in [5.41, 5.74) is 11.6. The van der Waals surface area contributed by atoms with Crippen molar-refractivity contribution in [1.29, 1.82) is 0 Å². The molecule has 274 valence electrons. The highest BCUT2D eigenvalue weighted by molar-refractivity contribution is 6.12. The van der Waals surface area contributed by atoms with E-state index in [2.05, 4.69) is 62.4 Å². The van der Waals surface area contributed by atoms with Gasteiger partial charge in [-0.15, -0.1) is 0 Å². The van der Waals surface area contributed by atoms with Crippen LogP contribution in [0.2, 0.25) is 0 Å². The molecule has 0 atom stereocenters. The van der Waals surface area contributed by atoms with Crippen LogP contribution in [0.15, 0.2) is 174 Å². The van der Waals surface area contributed by atoms with Crippen LogP contribution in [0.3, 0.4) is 0 Å². The third-order valence-corrected chi connectivity index (χ3v) is 11.2. The van der Waals surface area contributed by atoms with Gasteiger partial charge < -0.3 is 4.42 Å². The van der Waals surface area contributed by atoms with Crippen LogP contribution in [0.1, 0.15) is 25.0 Å². The van der Waals surface area contributed by atoms with E-state index < -0.39 is 0 Å². The van der Waals surface area contributed by atoms with E-state index in [1.165, 1.54) is 22.3 Å². The second-order valence-electron chi connectivity index (χ2n) is 15.1. The molecule has 7 heteroatoms. The second-order valence-corrected chi connectivity index (χ2v) is 15.1. The molecule has 0 fully saturated rings. The molecule has 3 aromatic heterocycles. The van der Waals surface area contributed by atoms with Gasteiger partial charge in [0.1, 0.15) is 11.2 Å². The lowest BCUT2D eigenvalue weighted by Crippen LogP contribution is -2.14. The highest BCUT2D eigenvalue weighted by atomic mass is 16.3. The van der Waals surface area contributed by atoms with E-state index in [4.69, 9.17) is 34.3 Å². The lowest BCUT2D eigenvalue weighted by Gasteiger charge is -2.21. The molecule has 7 nitrogen and oxygen atoms in total. The summed E-state index contributed by atoms with van der Waals surface area (Å²) in [6.07, 6.45) is 0. The summed E-state index contributed by atoms with van der Waals surface area (Å²) >= 11 is 0. The van der Waals surface area contributed by atoms with E-state index in [-0.39, 0.29) is 5.41 Å². The van der Waals surface area contributed by atoms with Gasteiger partial charge in [-0.05, 0) is 46.5 Å². The zero-order valence-electron chi connectivity index (χ0n) is 31.8. The number of benzene rings is 7. The van der Waals surface area contributed by atoms with Gasteiger partial charge in [-0.2, -0.15) is 0 Å². The third kappa shape index (κ3) is 5.51. The Kier molecular flexibility index (Phi) is 7.69. The summed E-state index contributed by atoms with van der Waals surface area (Å²) in [7, 11) is 0. The van der Waals surface area contributed by atoms with Crippen LogP contribution in [0.4, 0.5) is 0 Å². The van der Waals surface area contributed by atoms with Gasteiger partial charge >= 0.3 is 0 Å². The average molecular weight is 747 g/mol. The van der Waals surface area contributed by atoms with Gasteiger partial charge in [-0.3, -0.25) is 0 Å². The summed E-state index contributed by atoms with van der Waals surface area (Å²) in [4.78, 5) is 30.6. The van der Waals surface area contributed by atoms with Crippen molar-refractivity contribution in [3.63, 3.8) is 0 Å². The largest absolute Gasteiger partial charge is 0.456 e. The molecule has 1 aliphatic rings. The third-order valence-electron chi connectivity index (χ3n) is 11.2. The lowest BCUT2D eigenvalue weighted by atomic mass is 9.82. The minimum atomic E-state index is -0.159. The first-order chi connectivity index (χ1) is 28.5. The maximum Gasteiger partial charge on any atom is 0.164 e. The zero-order chi connectivity index (χ0) is 38.8. The zero-order valence-corrected chi connectivity index (χ0v) is 31.8. The smallest absolute Gasteiger partial charge is 0.164 e. The summed E-state index contributed by atoms with van der Waals surface area (Å²) in [6, 6.07) is 57.4. The molecule has 58 heavy (non-hydrogen) atoms. The maximum atomic E-state index is 6.50. The number of nitrogens with zero attached hydrogens (tertiary/aromatic N) is 6. The summed E-state index contributed by atoms with van der Waals surface area (Å²) in [5.74, 6) is 3.55. The Hall–Kier alpha value is -7.64. The highest BCUT2D eigenvalue weighted by Gasteiger charge is 2.37. The van der Waals surface area contributed by atoms with Gasteiger partial charge in [0.15, 0.2) is 34.9 Å². The Morgan fingerprint density at radius 1 is 0.362 bits per heavy atom. The molecule has 0 N–H and O–H groups in total. The number of hydrogen-bond acceptors (Lipinski definition) is 7. The van der Waals surface area contributed by atoms with Crippen molar-refractivity contribution in [1.82, 2.24) is 29.9 Å². The monoisotopic (exact) mass is 746 g/mol. The van der Waals surface area contributed by atoms with Crippen molar-refractivity contribution >= 4 is 21.9 Å². The van der Waals surface area contributed by atoms with Crippen LogP contribution in [-0.2, 0) is 5.41 Å². The molecule has 0 amide bonds. The minimum absolute atomic E-state index is 0.159. The molecule has 7 aromatic carbocycles. The quantitative estimate of drug-likeness (QED) is 0.167. The summed E-state index contributed by atoms with van der Waals surface area (Å²) < 4.78 is 6.50. The summed E-state index contributed by atoms with van der Waals surface area (Å²) in [5, 5.41) is 1.81. The fourth-order valence-electron chi connectivity index (χ4n) is 8.36. The Bertz CT molecular complexity index is 3140. The first-order valence-corrected chi connectivity index (χ1v) is 19.4. The number of aromatic nitrogens is 6. The van der Waals surface area contributed by atoms with Crippen LogP contribution < -0.4 is 0 Å². The average Bonchev–Trinajstić information content (AvgIpc) is 3.78. The van der Waals surface area contributed by atoms with Crippen molar-refractivity contribution in [3.8, 4) is 79.5 Å². The molecule has 0 unspecified atom stereocenters. The van der Waals surface area contributed by atoms with Crippen molar-refractivity contribution < 1.29 is 4.42 Å². The molecule has 1 aliphatic carbocycles. The normalized spacial score (nSPS) is 12.8. The molecule has 0 aliphatic heterocycles. The molecular weight excluding hydrogens is 713 g/mol. The van der Waals surface area contributed by atoms with Crippen LogP contribution >= 0.6 is 0 Å². The Labute approximate surface area is 334 Å². The maximum absolute atomic E-state index is 6.50. The Morgan fingerprint density at radius 3 is 1.45 bits per heavy atom. The van der Waals surface area contributed by atoms with Gasteiger partial charge in [-0.25, -0.2) is 29.9 Å². The van der Waals surface area contributed by atoms with Crippen LogP contribution in [0.25, 0.3) is 101 Å². The van der Waals surface area contributed by atoms with E-state index in [9.17, 15) is 0 Å². The topological polar surface area (TPSA) is 90.5 Å². The van der Waals surface area contributed by atoms with E-state index in [0.29, 0.717) is 34.9 Å². The number of furan rings is 1. The second kappa shape index (κ2) is 13.2. The van der Waals surface area contributed by atoms with E-state index in [1.54, 1.807) is 0 Å². The molecule has 3 heterocycles. The molecule has 10 aromatic rings. The van der Waals surface area contributed by atoms with Gasteiger partial charge in [-0.1, -0.05) is 159 Å². The number of fused-ring (bicyclic) bond motifs is 6. The van der Waals surface area contributed by atoms with Crippen molar-refractivity contribution in [2.45, 2.75) is 19.3 Å². The van der Waals surface area contributed by atoms with Gasteiger partial charge in [0.2, 0.25) is 0 Å². The molecule has 11 rings (SSSR count). The van der Waals surface area contributed by atoms with Crippen LogP contribution in [0.5, 0.6) is 0 Å². The first kappa shape index (κ1) is 33.7. The van der Waals surface area contributed by atoms with E-state index in [0.717, 1.165) is 55.3 Å². The van der Waals surface area contributed by atoms with Gasteiger partial charge in [0, 0.05) is 49.6 Å². The van der Waals surface area contributed by atoms with Crippen LogP contribution in [-0.4, -0.2) is 29.9 Å². The fourth-order valence-corrected chi connectivity index (χ4v) is 8.36. The number of hydrogen-bond donors (Lipinski definition) is 0. The molecule has 0 bridgehead atoms. The predicted molar refractivity (Wildman–Crippen MR) is 231 cm³/mol.